The fourth-order valence-corrected chi connectivity index (χ4v) is 2.86. The largest absolute Gasteiger partial charge is 0.485 e. The van der Waals surface area contributed by atoms with E-state index < -0.39 is 21.2 Å². The molecule has 3 rings (SSSR count). The molecule has 0 fully saturated rings. The van der Waals surface area contributed by atoms with Crippen molar-refractivity contribution in [2.45, 2.75) is 13.2 Å². The van der Waals surface area contributed by atoms with Crippen LogP contribution in [-0.2, 0) is 13.2 Å². The van der Waals surface area contributed by atoms with Crippen molar-refractivity contribution >= 4 is 17.5 Å². The highest BCUT2D eigenvalue weighted by Gasteiger charge is 2.36. The maximum atomic E-state index is 11.8. The van der Waals surface area contributed by atoms with E-state index in [1.165, 1.54) is 12.1 Å². The molecule has 0 heterocycles. The van der Waals surface area contributed by atoms with Gasteiger partial charge in [-0.3, -0.25) is 20.2 Å². The predicted molar refractivity (Wildman–Crippen MR) is 111 cm³/mol. The highest BCUT2D eigenvalue weighted by Crippen LogP contribution is 2.47. The fraction of sp³-hybridized carbons (Fsp3) is 0.0909. The van der Waals surface area contributed by atoms with Crippen LogP contribution < -0.4 is 9.47 Å². The lowest BCUT2D eigenvalue weighted by Gasteiger charge is -2.14. The van der Waals surface area contributed by atoms with Gasteiger partial charge in [-0.1, -0.05) is 73.3 Å². The van der Waals surface area contributed by atoms with E-state index in [2.05, 4.69) is 6.58 Å². The molecule has 0 unspecified atom stereocenters. The van der Waals surface area contributed by atoms with E-state index >= 15 is 0 Å². The molecule has 0 saturated carbocycles. The zero-order chi connectivity index (χ0) is 21.5. The smallest absolute Gasteiger partial charge is 0.391 e. The fourth-order valence-electron chi connectivity index (χ4n) is 2.86. The van der Waals surface area contributed by atoms with Crippen molar-refractivity contribution < 1.29 is 19.3 Å². The van der Waals surface area contributed by atoms with Crippen LogP contribution in [0.15, 0.2) is 73.3 Å². The molecule has 0 atom stereocenters. The van der Waals surface area contributed by atoms with Gasteiger partial charge in [0.05, 0.1) is 15.4 Å². The van der Waals surface area contributed by atoms with Crippen molar-refractivity contribution in [3.8, 4) is 11.5 Å². The molecular formula is C22H18N2O6. The third-order valence-corrected chi connectivity index (χ3v) is 4.27. The molecule has 0 amide bonds. The van der Waals surface area contributed by atoms with Gasteiger partial charge in [0, 0.05) is 0 Å². The highest BCUT2D eigenvalue weighted by molar-refractivity contribution is 5.77. The molecule has 0 N–H and O–H groups in total. The Labute approximate surface area is 172 Å². The predicted octanol–water partition coefficient (Wildman–Crippen LogP) is 5.30. The SMILES string of the molecule is C=Cc1cc(OCc2ccccc2)c(OCc2ccccc2)c([N+](=O)[O-])c1[N+](=O)[O-]. The summed E-state index contributed by atoms with van der Waals surface area (Å²) in [5, 5.41) is 23.4. The maximum Gasteiger partial charge on any atom is 0.391 e. The van der Waals surface area contributed by atoms with Gasteiger partial charge in [0.15, 0.2) is 5.75 Å². The third-order valence-electron chi connectivity index (χ3n) is 4.27. The van der Waals surface area contributed by atoms with Gasteiger partial charge in [-0.25, -0.2) is 0 Å². The van der Waals surface area contributed by atoms with Crippen LogP contribution in [0.1, 0.15) is 16.7 Å². The average molecular weight is 406 g/mol. The Balaban J connectivity index is 2.07. The summed E-state index contributed by atoms with van der Waals surface area (Å²) in [4.78, 5) is 21.7. The first kappa shape index (κ1) is 20.5. The number of nitro groups is 2. The van der Waals surface area contributed by atoms with Crippen molar-refractivity contribution in [1.29, 1.82) is 0 Å². The van der Waals surface area contributed by atoms with Gasteiger partial charge in [-0.2, -0.15) is 0 Å². The molecule has 152 valence electrons. The van der Waals surface area contributed by atoms with E-state index in [1.807, 2.05) is 36.4 Å². The lowest BCUT2D eigenvalue weighted by Crippen LogP contribution is -2.07. The minimum Gasteiger partial charge on any atom is -0.485 e. The average Bonchev–Trinajstić information content (AvgIpc) is 2.76. The highest BCUT2D eigenvalue weighted by atomic mass is 16.6. The van der Waals surface area contributed by atoms with Crippen LogP contribution in [0.25, 0.3) is 6.08 Å². The van der Waals surface area contributed by atoms with Gasteiger partial charge in [-0.15, -0.1) is 0 Å². The molecule has 0 bridgehead atoms. The maximum absolute atomic E-state index is 11.8. The third kappa shape index (κ3) is 4.61. The minimum absolute atomic E-state index is 0.0199. The van der Waals surface area contributed by atoms with E-state index in [0.29, 0.717) is 0 Å². The summed E-state index contributed by atoms with van der Waals surface area (Å²) in [5.41, 5.74) is 0.0901. The van der Waals surface area contributed by atoms with Crippen LogP contribution in [0.4, 0.5) is 11.4 Å². The first-order valence-electron chi connectivity index (χ1n) is 8.97. The van der Waals surface area contributed by atoms with Crippen molar-refractivity contribution in [1.82, 2.24) is 0 Å². The molecule has 3 aromatic rings. The standard InChI is InChI=1S/C22H18N2O6/c1-2-18-13-19(29-14-16-9-5-3-6-10-16)22(21(24(27)28)20(18)23(25)26)30-15-17-11-7-4-8-12-17/h2-13H,1,14-15H2. The van der Waals surface area contributed by atoms with Crippen LogP contribution in [0.5, 0.6) is 11.5 Å². The molecule has 0 aliphatic carbocycles. The van der Waals surface area contributed by atoms with Gasteiger partial charge < -0.3 is 9.47 Å². The molecule has 0 aliphatic rings. The van der Waals surface area contributed by atoms with Crippen molar-refractivity contribution in [3.63, 3.8) is 0 Å². The zero-order valence-corrected chi connectivity index (χ0v) is 15.9. The number of hydrogen-bond acceptors (Lipinski definition) is 6. The molecule has 0 aromatic heterocycles. The molecular weight excluding hydrogens is 388 g/mol. The minimum atomic E-state index is -0.833. The topological polar surface area (TPSA) is 105 Å². The molecule has 0 saturated heterocycles. The van der Waals surface area contributed by atoms with Crippen LogP contribution >= 0.6 is 0 Å². The molecule has 8 heteroatoms. The van der Waals surface area contributed by atoms with Crippen molar-refractivity contribution in [3.05, 3.63) is 110 Å². The zero-order valence-electron chi connectivity index (χ0n) is 15.9. The summed E-state index contributed by atoms with van der Waals surface area (Å²) in [6.07, 6.45) is 1.18. The second-order valence-corrected chi connectivity index (χ2v) is 6.26. The lowest BCUT2D eigenvalue weighted by molar-refractivity contribution is -0.423. The van der Waals surface area contributed by atoms with Crippen molar-refractivity contribution in [2.24, 2.45) is 0 Å². The second-order valence-electron chi connectivity index (χ2n) is 6.26. The van der Waals surface area contributed by atoms with E-state index in [9.17, 15) is 20.2 Å². The summed E-state index contributed by atoms with van der Waals surface area (Å²) >= 11 is 0. The van der Waals surface area contributed by atoms with E-state index in [4.69, 9.17) is 9.47 Å². The van der Waals surface area contributed by atoms with Gasteiger partial charge in [-0.05, 0) is 17.2 Å². The monoisotopic (exact) mass is 406 g/mol. The Kier molecular flexibility index (Phi) is 6.39. The summed E-state index contributed by atoms with van der Waals surface area (Å²) in [6, 6.07) is 19.5. The Morgan fingerprint density at radius 1 is 0.800 bits per heavy atom. The molecule has 0 radical (unpaired) electrons. The molecule has 3 aromatic carbocycles. The Morgan fingerprint density at radius 2 is 1.30 bits per heavy atom. The normalized spacial score (nSPS) is 10.3. The summed E-state index contributed by atoms with van der Waals surface area (Å²) < 4.78 is 11.5. The summed E-state index contributed by atoms with van der Waals surface area (Å²) in [7, 11) is 0. The van der Waals surface area contributed by atoms with Crippen LogP contribution in [0.2, 0.25) is 0 Å². The van der Waals surface area contributed by atoms with Gasteiger partial charge in [0.1, 0.15) is 13.2 Å². The number of benzene rings is 3. The first-order valence-corrected chi connectivity index (χ1v) is 8.97. The molecule has 0 spiro atoms. The Hall–Kier alpha value is -4.20. The van der Waals surface area contributed by atoms with Gasteiger partial charge in [0.2, 0.25) is 5.75 Å². The van der Waals surface area contributed by atoms with E-state index in [-0.39, 0.29) is 30.3 Å². The number of hydrogen-bond donors (Lipinski definition) is 0. The Bertz CT molecular complexity index is 1070. The molecule has 0 aliphatic heterocycles. The van der Waals surface area contributed by atoms with E-state index in [0.717, 1.165) is 11.1 Å². The lowest BCUT2D eigenvalue weighted by atomic mass is 10.1. The molecule has 8 nitrogen and oxygen atoms in total. The number of nitrogens with zero attached hydrogens (tertiary/aromatic N) is 2. The summed E-state index contributed by atoms with van der Waals surface area (Å²) in [6.45, 7) is 3.62. The molecule has 30 heavy (non-hydrogen) atoms. The first-order chi connectivity index (χ1) is 14.5. The van der Waals surface area contributed by atoms with E-state index in [1.54, 1.807) is 24.3 Å². The quantitative estimate of drug-likeness (QED) is 0.352. The second kappa shape index (κ2) is 9.33. The van der Waals surface area contributed by atoms with Gasteiger partial charge in [0.25, 0.3) is 0 Å². The summed E-state index contributed by atoms with van der Waals surface area (Å²) in [5.74, 6) is -0.265. The van der Waals surface area contributed by atoms with Crippen molar-refractivity contribution in [2.75, 3.05) is 0 Å². The van der Waals surface area contributed by atoms with Gasteiger partial charge >= 0.3 is 11.4 Å². The number of nitro benzene ring substituents is 2. The van der Waals surface area contributed by atoms with Crippen LogP contribution in [0, 0.1) is 20.2 Å². The number of ether oxygens (including phenoxy) is 2. The van der Waals surface area contributed by atoms with Crippen LogP contribution in [-0.4, -0.2) is 9.85 Å². The van der Waals surface area contributed by atoms with Crippen LogP contribution in [0.3, 0.4) is 0 Å². The Morgan fingerprint density at radius 3 is 1.77 bits per heavy atom. The number of rotatable bonds is 9.